The summed E-state index contributed by atoms with van der Waals surface area (Å²) >= 11 is 0. The summed E-state index contributed by atoms with van der Waals surface area (Å²) in [4.78, 5) is 0. The van der Waals surface area contributed by atoms with Crippen molar-refractivity contribution in [3.63, 3.8) is 0 Å². The molecule has 3 fully saturated rings. The predicted octanol–water partition coefficient (Wildman–Crippen LogP) is 6.70. The zero-order chi connectivity index (χ0) is 20.5. The van der Waals surface area contributed by atoms with Gasteiger partial charge in [0.05, 0.1) is 6.10 Å². The minimum atomic E-state index is -1.70. The van der Waals surface area contributed by atoms with Crippen LogP contribution in [0.2, 0.25) is 18.1 Å². The minimum Gasteiger partial charge on any atom is -0.414 e. The Hall–Kier alpha value is -0.123. The predicted molar refractivity (Wildman–Crippen MR) is 120 cm³/mol. The summed E-state index contributed by atoms with van der Waals surface area (Å²) in [5, 5.41) is 10.9. The van der Waals surface area contributed by atoms with E-state index in [2.05, 4.69) is 53.8 Å². The standard InChI is InChI=1S/C25H44O2Si/c1-23(2,3)28(6,7)27-18-12-14-24(4)17(16-18)8-9-19-20-10-11-22(26)25(20,5)15-13-21(19)24/h8,18-22,26H,9-16H2,1-7H3. The third kappa shape index (κ3) is 3.10. The molecule has 7 unspecified atom stereocenters. The van der Waals surface area contributed by atoms with Crippen molar-refractivity contribution in [3.8, 4) is 0 Å². The third-order valence-electron chi connectivity index (χ3n) is 10.3. The highest BCUT2D eigenvalue weighted by molar-refractivity contribution is 6.74. The Morgan fingerprint density at radius 3 is 2.43 bits per heavy atom. The number of aliphatic hydroxyl groups is 1. The normalized spacial score (nSPS) is 46.4. The van der Waals surface area contributed by atoms with E-state index >= 15 is 0 Å². The van der Waals surface area contributed by atoms with Gasteiger partial charge in [-0.1, -0.05) is 46.3 Å². The van der Waals surface area contributed by atoms with Crippen molar-refractivity contribution in [2.75, 3.05) is 0 Å². The minimum absolute atomic E-state index is 0.0645. The van der Waals surface area contributed by atoms with Crippen molar-refractivity contribution >= 4 is 8.32 Å². The SMILES string of the molecule is CC12CCC(O[Si](C)(C)C(C)(C)C)CC1=CCC1C2CCC2(C)C(O)CCC12. The fraction of sp³-hybridized carbons (Fsp3) is 0.920. The van der Waals surface area contributed by atoms with E-state index in [9.17, 15) is 5.11 Å². The molecule has 0 spiro atoms. The summed E-state index contributed by atoms with van der Waals surface area (Å²) in [6.07, 6.45) is 12.7. The number of hydrogen-bond donors (Lipinski definition) is 1. The van der Waals surface area contributed by atoms with E-state index in [-0.39, 0.29) is 16.6 Å². The molecule has 0 amide bonds. The monoisotopic (exact) mass is 404 g/mol. The second kappa shape index (κ2) is 6.69. The van der Waals surface area contributed by atoms with Crippen LogP contribution < -0.4 is 0 Å². The zero-order valence-corrected chi connectivity index (χ0v) is 20.5. The second-order valence-corrected chi connectivity index (χ2v) is 17.4. The summed E-state index contributed by atoms with van der Waals surface area (Å²) in [6, 6.07) is 0. The van der Waals surface area contributed by atoms with Gasteiger partial charge < -0.3 is 9.53 Å². The van der Waals surface area contributed by atoms with E-state index in [0.29, 0.717) is 11.5 Å². The highest BCUT2D eigenvalue weighted by Gasteiger charge is 2.58. The van der Waals surface area contributed by atoms with Crippen LogP contribution in [0.25, 0.3) is 0 Å². The molecule has 0 heterocycles. The molecule has 0 aliphatic heterocycles. The lowest BCUT2D eigenvalue weighted by atomic mass is 9.48. The first-order chi connectivity index (χ1) is 12.9. The summed E-state index contributed by atoms with van der Waals surface area (Å²) in [5.74, 6) is 2.35. The molecule has 0 radical (unpaired) electrons. The van der Waals surface area contributed by atoms with Crippen LogP contribution in [-0.2, 0) is 4.43 Å². The third-order valence-corrected chi connectivity index (χ3v) is 14.8. The van der Waals surface area contributed by atoms with Gasteiger partial charge in [0.25, 0.3) is 0 Å². The van der Waals surface area contributed by atoms with E-state index in [1.165, 1.54) is 38.5 Å². The molecule has 3 heteroatoms. The molecule has 1 N–H and O–H groups in total. The zero-order valence-electron chi connectivity index (χ0n) is 19.5. The number of allylic oxidation sites excluding steroid dienone is 1. The van der Waals surface area contributed by atoms with Crippen molar-refractivity contribution in [1.29, 1.82) is 0 Å². The Labute approximate surface area is 174 Å². The van der Waals surface area contributed by atoms with Crippen LogP contribution in [0.1, 0.15) is 86.0 Å². The molecule has 4 aliphatic rings. The van der Waals surface area contributed by atoms with Crippen LogP contribution in [0.3, 0.4) is 0 Å². The van der Waals surface area contributed by atoms with Gasteiger partial charge >= 0.3 is 0 Å². The van der Waals surface area contributed by atoms with Crippen molar-refractivity contribution in [2.24, 2.45) is 28.6 Å². The summed E-state index contributed by atoms with van der Waals surface area (Å²) in [7, 11) is -1.70. The molecule has 0 aromatic rings. The molecule has 0 aromatic carbocycles. The van der Waals surface area contributed by atoms with Gasteiger partial charge in [0.2, 0.25) is 0 Å². The average molecular weight is 405 g/mol. The molecule has 2 nitrogen and oxygen atoms in total. The van der Waals surface area contributed by atoms with E-state index < -0.39 is 8.32 Å². The van der Waals surface area contributed by atoms with Crippen molar-refractivity contribution < 1.29 is 9.53 Å². The maximum absolute atomic E-state index is 10.7. The Bertz CT molecular complexity index is 647. The van der Waals surface area contributed by atoms with Gasteiger partial charge in [-0.3, -0.25) is 0 Å². The van der Waals surface area contributed by atoms with Gasteiger partial charge in [0.1, 0.15) is 0 Å². The number of hydrogen-bond acceptors (Lipinski definition) is 2. The molecule has 3 saturated carbocycles. The maximum atomic E-state index is 10.7. The first kappa shape index (κ1) is 21.1. The second-order valence-electron chi connectivity index (χ2n) is 12.6. The van der Waals surface area contributed by atoms with Crippen LogP contribution in [-0.4, -0.2) is 25.6 Å². The molecule has 160 valence electrons. The molecule has 0 aromatic heterocycles. The van der Waals surface area contributed by atoms with Gasteiger partial charge in [0, 0.05) is 6.10 Å². The van der Waals surface area contributed by atoms with Crippen LogP contribution >= 0.6 is 0 Å². The lowest BCUT2D eigenvalue weighted by molar-refractivity contribution is -0.0706. The first-order valence-electron chi connectivity index (χ1n) is 11.9. The molecule has 0 bridgehead atoms. The van der Waals surface area contributed by atoms with Gasteiger partial charge in [-0.2, -0.15) is 0 Å². The van der Waals surface area contributed by atoms with Crippen LogP contribution in [0.4, 0.5) is 0 Å². The summed E-state index contributed by atoms with van der Waals surface area (Å²) in [5.41, 5.74) is 2.28. The number of rotatable bonds is 2. The topological polar surface area (TPSA) is 29.5 Å². The summed E-state index contributed by atoms with van der Waals surface area (Å²) < 4.78 is 6.84. The quantitative estimate of drug-likeness (QED) is 0.410. The maximum Gasteiger partial charge on any atom is 0.192 e. The van der Waals surface area contributed by atoms with E-state index in [0.717, 1.165) is 30.6 Å². The van der Waals surface area contributed by atoms with Gasteiger partial charge in [-0.15, -0.1) is 0 Å². The molecule has 7 atom stereocenters. The highest BCUT2D eigenvalue weighted by atomic mass is 28.4. The lowest BCUT2D eigenvalue weighted by Crippen LogP contribution is -2.52. The lowest BCUT2D eigenvalue weighted by Gasteiger charge is -2.58. The Morgan fingerprint density at radius 1 is 1.04 bits per heavy atom. The Kier molecular flexibility index (Phi) is 5.04. The molecule has 28 heavy (non-hydrogen) atoms. The largest absolute Gasteiger partial charge is 0.414 e. The average Bonchev–Trinajstić information content (AvgIpc) is 2.89. The van der Waals surface area contributed by atoms with Crippen LogP contribution in [0, 0.1) is 28.6 Å². The van der Waals surface area contributed by atoms with Crippen molar-refractivity contribution in [3.05, 3.63) is 11.6 Å². The number of aliphatic hydroxyl groups excluding tert-OH is 1. The molecule has 0 saturated heterocycles. The Balaban J connectivity index is 1.53. The van der Waals surface area contributed by atoms with E-state index in [1.54, 1.807) is 5.57 Å². The van der Waals surface area contributed by atoms with E-state index in [4.69, 9.17) is 4.43 Å². The molecular formula is C25H44O2Si. The molecular weight excluding hydrogens is 360 g/mol. The van der Waals surface area contributed by atoms with Gasteiger partial charge in [-0.05, 0) is 98.1 Å². The fourth-order valence-corrected chi connectivity index (χ4v) is 8.68. The highest BCUT2D eigenvalue weighted by Crippen LogP contribution is 2.65. The van der Waals surface area contributed by atoms with Crippen molar-refractivity contribution in [2.45, 2.75) is 116 Å². The van der Waals surface area contributed by atoms with Gasteiger partial charge in [-0.25, -0.2) is 0 Å². The number of fused-ring (bicyclic) bond motifs is 5. The Morgan fingerprint density at radius 2 is 1.75 bits per heavy atom. The van der Waals surface area contributed by atoms with Crippen LogP contribution in [0.15, 0.2) is 11.6 Å². The molecule has 4 aliphatic carbocycles. The fourth-order valence-electron chi connectivity index (χ4n) is 7.29. The smallest absolute Gasteiger partial charge is 0.192 e. The summed E-state index contributed by atoms with van der Waals surface area (Å²) in [6.45, 7) is 16.8. The van der Waals surface area contributed by atoms with Gasteiger partial charge in [0.15, 0.2) is 8.32 Å². The van der Waals surface area contributed by atoms with Crippen LogP contribution in [0.5, 0.6) is 0 Å². The first-order valence-corrected chi connectivity index (χ1v) is 14.8. The molecule has 4 rings (SSSR count). The van der Waals surface area contributed by atoms with E-state index in [1.807, 2.05) is 0 Å². The van der Waals surface area contributed by atoms with Crippen molar-refractivity contribution in [1.82, 2.24) is 0 Å².